The summed E-state index contributed by atoms with van der Waals surface area (Å²) in [6, 6.07) is 0. The minimum absolute atomic E-state index is 0.400. The molecule has 1 unspecified atom stereocenters. The van der Waals surface area contributed by atoms with Gasteiger partial charge in [-0.15, -0.1) is 0 Å². The fourth-order valence-electron chi connectivity index (χ4n) is 1.43. The highest BCUT2D eigenvalue weighted by molar-refractivity contribution is 4.57. The number of ether oxygens (including phenoxy) is 2. The van der Waals surface area contributed by atoms with Crippen LogP contribution in [0.1, 0.15) is 45.4 Å². The van der Waals surface area contributed by atoms with E-state index in [0.717, 1.165) is 13.0 Å². The Labute approximate surface area is 82.6 Å². The molecule has 0 rings (SSSR count). The van der Waals surface area contributed by atoms with Crippen LogP contribution in [0.3, 0.4) is 0 Å². The van der Waals surface area contributed by atoms with Crippen LogP contribution in [0.4, 0.5) is 0 Å². The number of hydrogen-bond acceptors (Lipinski definition) is 2. The number of methoxy groups -OCH3 is 2. The van der Waals surface area contributed by atoms with Crippen LogP contribution >= 0.6 is 0 Å². The Kier molecular flexibility index (Phi) is 9.94. The Bertz CT molecular complexity index is 94.1. The third-order valence-electron chi connectivity index (χ3n) is 2.36. The van der Waals surface area contributed by atoms with Gasteiger partial charge in [0.1, 0.15) is 0 Å². The Hall–Kier alpha value is -0.0800. The molecule has 0 heterocycles. The summed E-state index contributed by atoms with van der Waals surface area (Å²) in [6.07, 6.45) is 7.88. The molecule has 0 N–H and O–H groups in total. The molecular formula is C11H24O2. The minimum atomic E-state index is 0.400. The minimum Gasteiger partial charge on any atom is -0.385 e. The monoisotopic (exact) mass is 188 g/mol. The van der Waals surface area contributed by atoms with Gasteiger partial charge in [0.25, 0.3) is 0 Å². The maximum absolute atomic E-state index is 5.35. The molecule has 0 aliphatic rings. The summed E-state index contributed by atoms with van der Waals surface area (Å²) in [6.45, 7) is 3.05. The van der Waals surface area contributed by atoms with Gasteiger partial charge in [-0.05, 0) is 12.8 Å². The average molecular weight is 188 g/mol. The summed E-state index contributed by atoms with van der Waals surface area (Å²) in [7, 11) is 3.53. The highest BCUT2D eigenvalue weighted by Crippen LogP contribution is 2.10. The van der Waals surface area contributed by atoms with E-state index in [1.807, 2.05) is 0 Å². The molecule has 0 spiro atoms. The zero-order valence-corrected chi connectivity index (χ0v) is 9.34. The van der Waals surface area contributed by atoms with Crippen molar-refractivity contribution in [2.24, 2.45) is 0 Å². The van der Waals surface area contributed by atoms with Gasteiger partial charge in [-0.1, -0.05) is 32.6 Å². The van der Waals surface area contributed by atoms with Crippen molar-refractivity contribution in [2.45, 2.75) is 51.6 Å². The lowest BCUT2D eigenvalue weighted by Gasteiger charge is -2.14. The third-order valence-corrected chi connectivity index (χ3v) is 2.36. The van der Waals surface area contributed by atoms with Crippen molar-refractivity contribution >= 4 is 0 Å². The summed E-state index contributed by atoms with van der Waals surface area (Å²) in [4.78, 5) is 0. The maximum Gasteiger partial charge on any atom is 0.0593 e. The van der Waals surface area contributed by atoms with Crippen molar-refractivity contribution in [3.8, 4) is 0 Å². The summed E-state index contributed by atoms with van der Waals surface area (Å²) >= 11 is 0. The van der Waals surface area contributed by atoms with Crippen LogP contribution in [0.2, 0.25) is 0 Å². The molecule has 13 heavy (non-hydrogen) atoms. The fourth-order valence-corrected chi connectivity index (χ4v) is 1.43. The quantitative estimate of drug-likeness (QED) is 0.518. The van der Waals surface area contributed by atoms with Crippen molar-refractivity contribution in [2.75, 3.05) is 20.8 Å². The van der Waals surface area contributed by atoms with Crippen molar-refractivity contribution in [1.82, 2.24) is 0 Å². The van der Waals surface area contributed by atoms with Crippen molar-refractivity contribution in [3.05, 3.63) is 0 Å². The summed E-state index contributed by atoms with van der Waals surface area (Å²) < 4.78 is 10.4. The zero-order chi connectivity index (χ0) is 9.94. The number of unbranched alkanes of at least 4 members (excludes halogenated alkanes) is 3. The first-order valence-electron chi connectivity index (χ1n) is 5.36. The number of hydrogen-bond donors (Lipinski definition) is 0. The maximum atomic E-state index is 5.35. The molecule has 80 valence electrons. The van der Waals surface area contributed by atoms with Crippen LogP contribution in [0.15, 0.2) is 0 Å². The van der Waals surface area contributed by atoms with E-state index in [1.54, 1.807) is 14.2 Å². The first-order valence-corrected chi connectivity index (χ1v) is 5.36. The van der Waals surface area contributed by atoms with E-state index >= 15 is 0 Å². The van der Waals surface area contributed by atoms with E-state index in [9.17, 15) is 0 Å². The molecule has 0 aromatic rings. The van der Waals surface area contributed by atoms with Crippen LogP contribution in [0.5, 0.6) is 0 Å². The second kappa shape index (κ2) is 10.0. The highest BCUT2D eigenvalue weighted by atomic mass is 16.5. The molecule has 1 atom stereocenters. The van der Waals surface area contributed by atoms with Gasteiger partial charge in [0, 0.05) is 20.8 Å². The van der Waals surface area contributed by atoms with Crippen LogP contribution in [0, 0.1) is 0 Å². The SMILES string of the molecule is CCCCCCC(CCOC)OC. The van der Waals surface area contributed by atoms with Crippen LogP contribution in [-0.4, -0.2) is 26.9 Å². The topological polar surface area (TPSA) is 18.5 Å². The van der Waals surface area contributed by atoms with Gasteiger partial charge in [-0.2, -0.15) is 0 Å². The molecule has 0 saturated carbocycles. The summed E-state index contributed by atoms with van der Waals surface area (Å²) in [5.41, 5.74) is 0. The predicted octanol–water partition coefficient (Wildman–Crippen LogP) is 3.01. The van der Waals surface area contributed by atoms with Crippen LogP contribution in [-0.2, 0) is 9.47 Å². The molecule has 2 nitrogen and oxygen atoms in total. The van der Waals surface area contributed by atoms with Crippen molar-refractivity contribution < 1.29 is 9.47 Å². The lowest BCUT2D eigenvalue weighted by atomic mass is 10.1. The fraction of sp³-hybridized carbons (Fsp3) is 1.00. The van der Waals surface area contributed by atoms with E-state index in [1.165, 1.54) is 32.1 Å². The normalized spacial score (nSPS) is 13.2. The molecule has 0 saturated heterocycles. The number of rotatable bonds is 9. The summed E-state index contributed by atoms with van der Waals surface area (Å²) in [5, 5.41) is 0. The van der Waals surface area contributed by atoms with E-state index in [2.05, 4.69) is 6.92 Å². The first kappa shape index (κ1) is 12.9. The molecule has 0 aliphatic carbocycles. The Morgan fingerprint density at radius 2 is 1.77 bits per heavy atom. The van der Waals surface area contributed by atoms with Gasteiger partial charge >= 0.3 is 0 Å². The van der Waals surface area contributed by atoms with Gasteiger partial charge < -0.3 is 9.47 Å². The molecule has 2 heteroatoms. The van der Waals surface area contributed by atoms with Gasteiger partial charge in [-0.3, -0.25) is 0 Å². The van der Waals surface area contributed by atoms with Crippen LogP contribution < -0.4 is 0 Å². The highest BCUT2D eigenvalue weighted by Gasteiger charge is 2.05. The molecule has 0 fully saturated rings. The second-order valence-electron chi connectivity index (χ2n) is 3.49. The lowest BCUT2D eigenvalue weighted by Crippen LogP contribution is -2.13. The summed E-state index contributed by atoms with van der Waals surface area (Å²) in [5.74, 6) is 0. The van der Waals surface area contributed by atoms with E-state index in [4.69, 9.17) is 9.47 Å². The lowest BCUT2D eigenvalue weighted by molar-refractivity contribution is 0.0590. The third kappa shape index (κ3) is 8.26. The van der Waals surface area contributed by atoms with E-state index in [-0.39, 0.29) is 0 Å². The van der Waals surface area contributed by atoms with Crippen LogP contribution in [0.25, 0.3) is 0 Å². The zero-order valence-electron chi connectivity index (χ0n) is 9.34. The Morgan fingerprint density at radius 1 is 1.00 bits per heavy atom. The van der Waals surface area contributed by atoms with Gasteiger partial charge in [0.2, 0.25) is 0 Å². The van der Waals surface area contributed by atoms with Gasteiger partial charge in [0.05, 0.1) is 6.10 Å². The molecule has 0 amide bonds. The van der Waals surface area contributed by atoms with E-state index in [0.29, 0.717) is 6.10 Å². The standard InChI is InChI=1S/C11H24O2/c1-4-5-6-7-8-11(13-3)9-10-12-2/h11H,4-10H2,1-3H3. The molecule has 0 aliphatic heterocycles. The van der Waals surface area contributed by atoms with Crippen molar-refractivity contribution in [1.29, 1.82) is 0 Å². The van der Waals surface area contributed by atoms with E-state index < -0.39 is 0 Å². The largest absolute Gasteiger partial charge is 0.385 e. The van der Waals surface area contributed by atoms with Gasteiger partial charge in [-0.25, -0.2) is 0 Å². The van der Waals surface area contributed by atoms with Gasteiger partial charge in [0.15, 0.2) is 0 Å². The second-order valence-corrected chi connectivity index (χ2v) is 3.49. The molecule has 0 aromatic heterocycles. The van der Waals surface area contributed by atoms with Crippen molar-refractivity contribution in [3.63, 3.8) is 0 Å². The molecule has 0 aromatic carbocycles. The molecular weight excluding hydrogens is 164 g/mol. The Morgan fingerprint density at radius 3 is 2.31 bits per heavy atom. The molecule has 0 radical (unpaired) electrons. The average Bonchev–Trinajstić information content (AvgIpc) is 2.17. The molecule has 0 bridgehead atoms. The predicted molar refractivity (Wildman–Crippen MR) is 56.0 cm³/mol. The Balaban J connectivity index is 3.25. The smallest absolute Gasteiger partial charge is 0.0593 e. The first-order chi connectivity index (χ1) is 6.35.